The van der Waals surface area contributed by atoms with Gasteiger partial charge in [0.1, 0.15) is 11.9 Å². The van der Waals surface area contributed by atoms with Crippen molar-refractivity contribution in [2.45, 2.75) is 97.5 Å². The normalized spacial score (nSPS) is 11.5. The molecule has 0 N–H and O–H groups in total. The van der Waals surface area contributed by atoms with Gasteiger partial charge in [0.05, 0.1) is 5.39 Å². The van der Waals surface area contributed by atoms with Crippen molar-refractivity contribution in [1.82, 2.24) is 9.97 Å². The largest absolute Gasteiger partial charge is 0.460 e. The van der Waals surface area contributed by atoms with Gasteiger partial charge in [0.2, 0.25) is 5.71 Å². The van der Waals surface area contributed by atoms with Crippen LogP contribution in [0.5, 0.6) is 6.01 Å². The van der Waals surface area contributed by atoms with E-state index in [1.807, 2.05) is 0 Å². The van der Waals surface area contributed by atoms with Gasteiger partial charge in [-0.25, -0.2) is 4.98 Å². The third-order valence-corrected chi connectivity index (χ3v) is 4.76. The van der Waals surface area contributed by atoms with E-state index in [-0.39, 0.29) is 6.10 Å². The Hall–Kier alpha value is -1.58. The van der Waals surface area contributed by atoms with E-state index in [0.29, 0.717) is 11.7 Å². The van der Waals surface area contributed by atoms with Crippen LogP contribution in [0.1, 0.15) is 90.7 Å². The smallest absolute Gasteiger partial charge is 0.319 e. The van der Waals surface area contributed by atoms with Gasteiger partial charge in [-0.15, -0.1) is 0 Å². The fourth-order valence-electron chi connectivity index (χ4n) is 3.09. The minimum Gasteiger partial charge on any atom is -0.460 e. The minimum absolute atomic E-state index is 0.171. The highest BCUT2D eigenvalue weighted by molar-refractivity contribution is 5.73. The summed E-state index contributed by atoms with van der Waals surface area (Å²) in [6.07, 6.45) is 15.5. The fourth-order valence-corrected chi connectivity index (χ4v) is 3.09. The van der Waals surface area contributed by atoms with Crippen molar-refractivity contribution >= 4 is 11.1 Å². The van der Waals surface area contributed by atoms with Crippen molar-refractivity contribution in [2.75, 3.05) is 0 Å². The molecule has 0 radical (unpaired) electrons. The van der Waals surface area contributed by atoms with Crippen LogP contribution in [0.4, 0.5) is 0 Å². The summed E-state index contributed by atoms with van der Waals surface area (Å²) in [4.78, 5) is 8.73. The summed E-state index contributed by atoms with van der Waals surface area (Å²) in [5, 5.41) is 0.964. The van der Waals surface area contributed by atoms with Gasteiger partial charge in [0.25, 0.3) is 0 Å². The van der Waals surface area contributed by atoms with E-state index in [4.69, 9.17) is 9.15 Å². The van der Waals surface area contributed by atoms with E-state index < -0.39 is 0 Å². The van der Waals surface area contributed by atoms with Crippen molar-refractivity contribution in [3.63, 3.8) is 0 Å². The Morgan fingerprint density at radius 3 is 2.32 bits per heavy atom. The van der Waals surface area contributed by atoms with Crippen molar-refractivity contribution in [3.05, 3.63) is 18.0 Å². The molecule has 0 unspecified atom stereocenters. The van der Waals surface area contributed by atoms with Crippen LogP contribution in [0, 0.1) is 0 Å². The SMILES string of the molecule is CCCCCCCCCCc1cc2cnc(OC(CC)CC)nc2o1. The summed E-state index contributed by atoms with van der Waals surface area (Å²) < 4.78 is 11.7. The molecule has 2 aromatic heterocycles. The molecule has 0 aliphatic rings. The van der Waals surface area contributed by atoms with Gasteiger partial charge in [-0.2, -0.15) is 4.98 Å². The maximum absolute atomic E-state index is 5.89. The topological polar surface area (TPSA) is 48.2 Å². The monoisotopic (exact) mass is 346 g/mol. The number of aryl methyl sites for hydroxylation is 1. The molecule has 25 heavy (non-hydrogen) atoms. The first kappa shape index (κ1) is 19.7. The molecule has 0 aromatic carbocycles. The summed E-state index contributed by atoms with van der Waals surface area (Å²) in [5.74, 6) is 1.01. The molecule has 0 saturated carbocycles. The van der Waals surface area contributed by atoms with E-state index in [1.54, 1.807) is 6.20 Å². The second-order valence-corrected chi connectivity index (χ2v) is 6.91. The Morgan fingerprint density at radius 1 is 0.960 bits per heavy atom. The van der Waals surface area contributed by atoms with Crippen LogP contribution in [-0.4, -0.2) is 16.1 Å². The van der Waals surface area contributed by atoms with Crippen LogP contribution in [0.15, 0.2) is 16.7 Å². The zero-order valence-corrected chi connectivity index (χ0v) is 16.2. The maximum atomic E-state index is 5.89. The van der Waals surface area contributed by atoms with Crippen molar-refractivity contribution in [2.24, 2.45) is 0 Å². The molecule has 2 heterocycles. The fraction of sp³-hybridized carbons (Fsp3) is 0.714. The highest BCUT2D eigenvalue weighted by Gasteiger charge is 2.11. The lowest BCUT2D eigenvalue weighted by molar-refractivity contribution is 0.176. The Kier molecular flexibility index (Phi) is 8.78. The Labute approximate surface area is 152 Å². The Bertz CT molecular complexity index is 605. The molecule has 4 heteroatoms. The van der Waals surface area contributed by atoms with Crippen molar-refractivity contribution in [1.29, 1.82) is 0 Å². The van der Waals surface area contributed by atoms with Gasteiger partial charge in [-0.3, -0.25) is 0 Å². The number of nitrogens with zero attached hydrogens (tertiary/aromatic N) is 2. The second kappa shape index (κ2) is 11.1. The maximum Gasteiger partial charge on any atom is 0.319 e. The molecule has 0 amide bonds. The molecular formula is C21H34N2O2. The lowest BCUT2D eigenvalue weighted by Crippen LogP contribution is -2.15. The summed E-state index contributed by atoms with van der Waals surface area (Å²) in [6.45, 7) is 6.49. The first-order chi connectivity index (χ1) is 12.3. The predicted octanol–water partition coefficient (Wildman–Crippen LogP) is 6.47. The van der Waals surface area contributed by atoms with E-state index in [1.165, 1.54) is 51.4 Å². The van der Waals surface area contributed by atoms with E-state index in [0.717, 1.165) is 30.4 Å². The first-order valence-corrected chi connectivity index (χ1v) is 10.2. The van der Waals surface area contributed by atoms with Gasteiger partial charge in [-0.05, 0) is 25.3 Å². The highest BCUT2D eigenvalue weighted by atomic mass is 16.5. The number of hydrogen-bond acceptors (Lipinski definition) is 4. The quantitative estimate of drug-likeness (QED) is 0.390. The molecule has 0 atom stereocenters. The molecule has 2 aromatic rings. The van der Waals surface area contributed by atoms with Gasteiger partial charge < -0.3 is 9.15 Å². The number of aromatic nitrogens is 2. The van der Waals surface area contributed by atoms with Gasteiger partial charge in [-0.1, -0.05) is 65.7 Å². The van der Waals surface area contributed by atoms with Crippen LogP contribution in [-0.2, 0) is 6.42 Å². The average molecular weight is 347 g/mol. The number of ether oxygens (including phenoxy) is 1. The number of hydrogen-bond donors (Lipinski definition) is 0. The van der Waals surface area contributed by atoms with E-state index in [9.17, 15) is 0 Å². The predicted molar refractivity (Wildman–Crippen MR) is 103 cm³/mol. The third kappa shape index (κ3) is 6.68. The van der Waals surface area contributed by atoms with E-state index in [2.05, 4.69) is 36.8 Å². The van der Waals surface area contributed by atoms with Gasteiger partial charge >= 0.3 is 6.01 Å². The standard InChI is InChI=1S/C21H34N2O2/c1-4-7-8-9-10-11-12-13-14-19-15-17-16-22-21(23-20(17)24-19)25-18(5-2)6-3/h15-16,18H,4-14H2,1-3H3. The van der Waals surface area contributed by atoms with Crippen LogP contribution in [0.3, 0.4) is 0 Å². The minimum atomic E-state index is 0.171. The van der Waals surface area contributed by atoms with E-state index >= 15 is 0 Å². The number of unbranched alkanes of at least 4 members (excludes halogenated alkanes) is 7. The summed E-state index contributed by atoms with van der Waals surface area (Å²) in [6, 6.07) is 2.49. The molecule has 0 aliphatic carbocycles. The number of furan rings is 1. The first-order valence-electron chi connectivity index (χ1n) is 10.2. The van der Waals surface area contributed by atoms with Crippen LogP contribution in [0.25, 0.3) is 11.1 Å². The highest BCUT2D eigenvalue weighted by Crippen LogP contribution is 2.21. The zero-order chi connectivity index (χ0) is 17.9. The lowest BCUT2D eigenvalue weighted by Gasteiger charge is -2.12. The molecule has 0 bridgehead atoms. The van der Waals surface area contributed by atoms with Crippen molar-refractivity contribution < 1.29 is 9.15 Å². The molecule has 0 spiro atoms. The summed E-state index contributed by atoms with van der Waals surface area (Å²) in [5.41, 5.74) is 0.644. The molecular weight excluding hydrogens is 312 g/mol. The molecule has 0 saturated heterocycles. The van der Waals surface area contributed by atoms with Crippen LogP contribution < -0.4 is 4.74 Å². The van der Waals surface area contributed by atoms with Crippen LogP contribution in [0.2, 0.25) is 0 Å². The number of fused-ring (bicyclic) bond motifs is 1. The summed E-state index contributed by atoms with van der Waals surface area (Å²) >= 11 is 0. The Balaban J connectivity index is 1.76. The van der Waals surface area contributed by atoms with Gasteiger partial charge in [0, 0.05) is 12.6 Å². The molecule has 0 fully saturated rings. The number of rotatable bonds is 13. The molecule has 4 nitrogen and oxygen atoms in total. The Morgan fingerprint density at radius 2 is 1.64 bits per heavy atom. The zero-order valence-electron chi connectivity index (χ0n) is 16.2. The second-order valence-electron chi connectivity index (χ2n) is 6.91. The molecule has 0 aliphatic heterocycles. The lowest BCUT2D eigenvalue weighted by atomic mass is 10.1. The summed E-state index contributed by atoms with van der Waals surface area (Å²) in [7, 11) is 0. The molecule has 2 rings (SSSR count). The third-order valence-electron chi connectivity index (χ3n) is 4.76. The average Bonchev–Trinajstić information content (AvgIpc) is 3.04. The van der Waals surface area contributed by atoms with Crippen molar-refractivity contribution in [3.8, 4) is 6.01 Å². The van der Waals surface area contributed by atoms with Gasteiger partial charge in [0.15, 0.2) is 0 Å². The van der Waals surface area contributed by atoms with Crippen LogP contribution >= 0.6 is 0 Å². The molecule has 140 valence electrons.